The van der Waals surface area contributed by atoms with Crippen LogP contribution in [0, 0.1) is 6.92 Å². The number of nitrogens with one attached hydrogen (secondary N) is 1. The molecule has 90 valence electrons. The Labute approximate surface area is 103 Å². The van der Waals surface area contributed by atoms with Crippen LogP contribution >= 0.6 is 11.6 Å². The highest BCUT2D eigenvalue weighted by atomic mass is 35.5. The van der Waals surface area contributed by atoms with Gasteiger partial charge in [-0.3, -0.25) is 0 Å². The van der Waals surface area contributed by atoms with Gasteiger partial charge < -0.3 is 10.1 Å². The van der Waals surface area contributed by atoms with Crippen LogP contribution in [0.1, 0.15) is 25.3 Å². The van der Waals surface area contributed by atoms with Crippen molar-refractivity contribution in [3.8, 4) is 5.75 Å². The van der Waals surface area contributed by atoms with E-state index in [4.69, 9.17) is 16.3 Å². The molecule has 0 aliphatic heterocycles. The van der Waals surface area contributed by atoms with Crippen molar-refractivity contribution in [3.05, 3.63) is 28.8 Å². The van der Waals surface area contributed by atoms with E-state index in [9.17, 15) is 0 Å². The molecule has 0 radical (unpaired) electrons. The first kappa shape index (κ1) is 13.3. The number of hydrogen-bond acceptors (Lipinski definition) is 2. The molecule has 0 saturated carbocycles. The summed E-state index contributed by atoms with van der Waals surface area (Å²) >= 11 is 5.91. The van der Waals surface area contributed by atoms with Crippen LogP contribution in [0.25, 0.3) is 0 Å². The van der Waals surface area contributed by atoms with Crippen LogP contribution in [-0.4, -0.2) is 19.7 Å². The first-order chi connectivity index (χ1) is 7.67. The lowest BCUT2D eigenvalue weighted by atomic mass is 10.2. The van der Waals surface area contributed by atoms with Gasteiger partial charge in [-0.2, -0.15) is 0 Å². The normalized spacial score (nSPS) is 12.5. The molecule has 1 aromatic carbocycles. The highest BCUT2D eigenvalue weighted by Crippen LogP contribution is 2.23. The molecule has 1 N–H and O–H groups in total. The van der Waals surface area contributed by atoms with E-state index < -0.39 is 0 Å². The topological polar surface area (TPSA) is 21.3 Å². The third-order valence-corrected chi connectivity index (χ3v) is 2.71. The van der Waals surface area contributed by atoms with Gasteiger partial charge in [0.1, 0.15) is 11.9 Å². The number of aryl methyl sites for hydroxylation is 1. The predicted molar refractivity (Wildman–Crippen MR) is 69.4 cm³/mol. The molecule has 0 aromatic heterocycles. The molecule has 1 unspecified atom stereocenters. The van der Waals surface area contributed by atoms with Crippen molar-refractivity contribution in [2.24, 2.45) is 0 Å². The monoisotopic (exact) mass is 241 g/mol. The lowest BCUT2D eigenvalue weighted by Crippen LogP contribution is -2.29. The van der Waals surface area contributed by atoms with E-state index >= 15 is 0 Å². The SMILES string of the molecule is CCCC(CNC)Oc1ccc(Cl)cc1C. The number of halogens is 1. The molecule has 1 aromatic rings. The van der Waals surface area contributed by atoms with Crippen LogP contribution in [0.15, 0.2) is 18.2 Å². The Morgan fingerprint density at radius 3 is 2.75 bits per heavy atom. The minimum atomic E-state index is 0.231. The average molecular weight is 242 g/mol. The zero-order valence-corrected chi connectivity index (χ0v) is 11.0. The summed E-state index contributed by atoms with van der Waals surface area (Å²) in [7, 11) is 1.95. The molecule has 0 saturated heterocycles. The summed E-state index contributed by atoms with van der Waals surface area (Å²) in [6, 6.07) is 5.74. The largest absolute Gasteiger partial charge is 0.489 e. The maximum absolute atomic E-state index is 5.96. The molecular weight excluding hydrogens is 222 g/mol. The fraction of sp³-hybridized carbons (Fsp3) is 0.538. The van der Waals surface area contributed by atoms with Crippen molar-refractivity contribution in [2.45, 2.75) is 32.8 Å². The van der Waals surface area contributed by atoms with Crippen molar-refractivity contribution < 1.29 is 4.74 Å². The van der Waals surface area contributed by atoms with Gasteiger partial charge in [-0.15, -0.1) is 0 Å². The molecule has 16 heavy (non-hydrogen) atoms. The summed E-state index contributed by atoms with van der Waals surface area (Å²) in [6.07, 6.45) is 2.41. The van der Waals surface area contributed by atoms with Gasteiger partial charge in [-0.25, -0.2) is 0 Å². The van der Waals surface area contributed by atoms with Crippen molar-refractivity contribution in [2.75, 3.05) is 13.6 Å². The molecule has 3 heteroatoms. The van der Waals surface area contributed by atoms with Crippen LogP contribution in [0.5, 0.6) is 5.75 Å². The van der Waals surface area contributed by atoms with E-state index in [0.717, 1.165) is 35.7 Å². The third kappa shape index (κ3) is 4.03. The molecular formula is C13H20ClNO. The van der Waals surface area contributed by atoms with Gasteiger partial charge in [-0.05, 0) is 44.2 Å². The zero-order valence-electron chi connectivity index (χ0n) is 10.2. The minimum Gasteiger partial charge on any atom is -0.489 e. The molecule has 0 amide bonds. The highest BCUT2D eigenvalue weighted by molar-refractivity contribution is 6.30. The van der Waals surface area contributed by atoms with E-state index in [0.29, 0.717) is 0 Å². The summed E-state index contributed by atoms with van der Waals surface area (Å²) in [5, 5.41) is 3.91. The Kier molecular flexibility index (Phi) is 5.64. The fourth-order valence-electron chi connectivity index (χ4n) is 1.68. The third-order valence-electron chi connectivity index (χ3n) is 2.47. The first-order valence-electron chi connectivity index (χ1n) is 5.74. The molecule has 0 heterocycles. The number of likely N-dealkylation sites (N-methyl/N-ethyl adjacent to an activating group) is 1. The molecule has 0 aliphatic carbocycles. The number of hydrogen-bond donors (Lipinski definition) is 1. The molecule has 1 rings (SSSR count). The Morgan fingerprint density at radius 2 is 2.19 bits per heavy atom. The average Bonchev–Trinajstić information content (AvgIpc) is 2.23. The molecule has 0 spiro atoms. The van der Waals surface area contributed by atoms with Crippen molar-refractivity contribution >= 4 is 11.6 Å². The van der Waals surface area contributed by atoms with Crippen LogP contribution < -0.4 is 10.1 Å². The Morgan fingerprint density at radius 1 is 1.44 bits per heavy atom. The summed E-state index contributed by atoms with van der Waals surface area (Å²) in [6.45, 7) is 5.06. The second-order valence-electron chi connectivity index (χ2n) is 4.00. The highest BCUT2D eigenvalue weighted by Gasteiger charge is 2.10. The molecule has 0 aliphatic rings. The van der Waals surface area contributed by atoms with E-state index in [1.165, 1.54) is 0 Å². The van der Waals surface area contributed by atoms with Crippen LogP contribution in [0.3, 0.4) is 0 Å². The lowest BCUT2D eigenvalue weighted by molar-refractivity contribution is 0.188. The fourth-order valence-corrected chi connectivity index (χ4v) is 1.90. The smallest absolute Gasteiger partial charge is 0.122 e. The summed E-state index contributed by atoms with van der Waals surface area (Å²) in [5.41, 5.74) is 1.09. The van der Waals surface area contributed by atoms with Gasteiger partial charge in [0.05, 0.1) is 0 Å². The van der Waals surface area contributed by atoms with Crippen LogP contribution in [-0.2, 0) is 0 Å². The number of ether oxygens (including phenoxy) is 1. The van der Waals surface area contributed by atoms with Gasteiger partial charge in [-0.1, -0.05) is 24.9 Å². The Balaban J connectivity index is 2.68. The zero-order chi connectivity index (χ0) is 12.0. The van der Waals surface area contributed by atoms with E-state index in [1.807, 2.05) is 32.2 Å². The number of rotatable bonds is 6. The van der Waals surface area contributed by atoms with Gasteiger partial charge in [0.15, 0.2) is 0 Å². The van der Waals surface area contributed by atoms with Crippen LogP contribution in [0.2, 0.25) is 5.02 Å². The van der Waals surface area contributed by atoms with Crippen molar-refractivity contribution in [1.82, 2.24) is 5.32 Å². The standard InChI is InChI=1S/C13H20ClNO/c1-4-5-12(9-15-3)16-13-7-6-11(14)8-10(13)2/h6-8,12,15H,4-5,9H2,1-3H3. The first-order valence-corrected chi connectivity index (χ1v) is 6.12. The minimum absolute atomic E-state index is 0.231. The molecule has 0 fully saturated rings. The van der Waals surface area contributed by atoms with Gasteiger partial charge >= 0.3 is 0 Å². The van der Waals surface area contributed by atoms with Gasteiger partial charge in [0.2, 0.25) is 0 Å². The molecule has 1 atom stereocenters. The predicted octanol–water partition coefficient (Wildman–Crippen LogP) is 3.42. The number of benzene rings is 1. The van der Waals surface area contributed by atoms with Crippen molar-refractivity contribution in [3.63, 3.8) is 0 Å². The van der Waals surface area contributed by atoms with E-state index in [-0.39, 0.29) is 6.10 Å². The molecule has 0 bridgehead atoms. The second-order valence-corrected chi connectivity index (χ2v) is 4.43. The Hall–Kier alpha value is -0.730. The second kappa shape index (κ2) is 6.77. The summed E-state index contributed by atoms with van der Waals surface area (Å²) in [4.78, 5) is 0. The van der Waals surface area contributed by atoms with Crippen LogP contribution in [0.4, 0.5) is 0 Å². The quantitative estimate of drug-likeness (QED) is 0.824. The van der Waals surface area contributed by atoms with E-state index in [1.54, 1.807) is 0 Å². The maximum atomic E-state index is 5.96. The lowest BCUT2D eigenvalue weighted by Gasteiger charge is -2.19. The van der Waals surface area contributed by atoms with E-state index in [2.05, 4.69) is 12.2 Å². The van der Waals surface area contributed by atoms with Gasteiger partial charge in [0, 0.05) is 11.6 Å². The Bertz CT molecular complexity index is 322. The maximum Gasteiger partial charge on any atom is 0.122 e. The molecule has 2 nitrogen and oxygen atoms in total. The van der Waals surface area contributed by atoms with Crippen molar-refractivity contribution in [1.29, 1.82) is 0 Å². The summed E-state index contributed by atoms with van der Waals surface area (Å²) in [5.74, 6) is 0.929. The summed E-state index contributed by atoms with van der Waals surface area (Å²) < 4.78 is 5.96. The van der Waals surface area contributed by atoms with Gasteiger partial charge in [0.25, 0.3) is 0 Å².